The molecule has 2 unspecified atom stereocenters. The van der Waals surface area contributed by atoms with Crippen LogP contribution in [0.15, 0.2) is 0 Å². The summed E-state index contributed by atoms with van der Waals surface area (Å²) in [6.45, 7) is 8.56. The third-order valence-electron chi connectivity index (χ3n) is 3.11. The predicted molar refractivity (Wildman–Crippen MR) is 69.7 cm³/mol. The van der Waals surface area contributed by atoms with Gasteiger partial charge in [0.05, 0.1) is 0 Å². The molecule has 0 spiro atoms. The molecule has 2 atom stereocenters. The van der Waals surface area contributed by atoms with E-state index in [0.717, 1.165) is 18.7 Å². The Balaban J connectivity index is 0.000000921. The van der Waals surface area contributed by atoms with Crippen LogP contribution in [0.1, 0.15) is 40.0 Å². The Kier molecular flexibility index (Phi) is 7.45. The van der Waals surface area contributed by atoms with Crippen LogP contribution < -0.4 is 0 Å². The SMILES string of the molecule is CC.CCC1(CS(C)=O)CCCN(C)C1. The van der Waals surface area contributed by atoms with Crippen molar-refractivity contribution in [2.75, 3.05) is 32.1 Å². The normalized spacial score (nSPS) is 29.1. The largest absolute Gasteiger partial charge is 0.306 e. The predicted octanol–water partition coefficient (Wildman–Crippen LogP) is 2.51. The van der Waals surface area contributed by atoms with Crippen LogP contribution in [0, 0.1) is 5.41 Å². The Morgan fingerprint density at radius 3 is 2.40 bits per heavy atom. The molecule has 0 aromatic heterocycles. The van der Waals surface area contributed by atoms with Gasteiger partial charge in [0.2, 0.25) is 0 Å². The molecule has 0 aromatic rings. The summed E-state index contributed by atoms with van der Waals surface area (Å²) in [5, 5.41) is 0. The van der Waals surface area contributed by atoms with Gasteiger partial charge in [-0.2, -0.15) is 0 Å². The smallest absolute Gasteiger partial charge is 0.0300 e. The molecule has 92 valence electrons. The lowest BCUT2D eigenvalue weighted by molar-refractivity contribution is 0.125. The topological polar surface area (TPSA) is 20.3 Å². The lowest BCUT2D eigenvalue weighted by Gasteiger charge is -2.40. The van der Waals surface area contributed by atoms with Crippen LogP contribution >= 0.6 is 0 Å². The minimum atomic E-state index is -0.644. The zero-order valence-corrected chi connectivity index (χ0v) is 11.8. The molecule has 2 nitrogen and oxygen atoms in total. The zero-order valence-electron chi connectivity index (χ0n) is 11.0. The first-order chi connectivity index (χ1) is 7.08. The number of hydrogen-bond acceptors (Lipinski definition) is 2. The number of likely N-dealkylation sites (tertiary alicyclic amines) is 1. The van der Waals surface area contributed by atoms with E-state index in [2.05, 4.69) is 18.9 Å². The summed E-state index contributed by atoms with van der Waals surface area (Å²) in [6, 6.07) is 0. The van der Waals surface area contributed by atoms with Gasteiger partial charge in [0.15, 0.2) is 0 Å². The van der Waals surface area contributed by atoms with E-state index in [1.54, 1.807) is 0 Å². The van der Waals surface area contributed by atoms with E-state index in [0.29, 0.717) is 5.41 Å². The van der Waals surface area contributed by atoms with Gasteiger partial charge in [-0.05, 0) is 38.3 Å². The van der Waals surface area contributed by atoms with E-state index < -0.39 is 10.8 Å². The minimum absolute atomic E-state index is 0.340. The van der Waals surface area contributed by atoms with Crippen molar-refractivity contribution in [2.24, 2.45) is 5.41 Å². The molecule has 0 bridgehead atoms. The van der Waals surface area contributed by atoms with E-state index in [-0.39, 0.29) is 0 Å². The average molecular weight is 233 g/mol. The maximum absolute atomic E-state index is 11.3. The second-order valence-corrected chi connectivity index (χ2v) is 5.85. The fourth-order valence-electron chi connectivity index (χ4n) is 2.39. The zero-order chi connectivity index (χ0) is 11.9. The molecule has 1 aliphatic rings. The van der Waals surface area contributed by atoms with Gasteiger partial charge in [-0.15, -0.1) is 0 Å². The van der Waals surface area contributed by atoms with Crippen molar-refractivity contribution in [1.29, 1.82) is 0 Å². The molecule has 1 aliphatic heterocycles. The van der Waals surface area contributed by atoms with E-state index >= 15 is 0 Å². The van der Waals surface area contributed by atoms with Gasteiger partial charge in [-0.3, -0.25) is 4.21 Å². The Bertz CT molecular complexity index is 196. The van der Waals surface area contributed by atoms with Crippen molar-refractivity contribution in [2.45, 2.75) is 40.0 Å². The van der Waals surface area contributed by atoms with Crippen LogP contribution in [0.25, 0.3) is 0 Å². The van der Waals surface area contributed by atoms with Crippen LogP contribution in [-0.2, 0) is 10.8 Å². The molecular weight excluding hydrogens is 206 g/mol. The summed E-state index contributed by atoms with van der Waals surface area (Å²) >= 11 is 0. The highest BCUT2D eigenvalue weighted by Gasteiger charge is 2.33. The van der Waals surface area contributed by atoms with Crippen LogP contribution in [0.4, 0.5) is 0 Å². The van der Waals surface area contributed by atoms with Crippen molar-refractivity contribution in [3.05, 3.63) is 0 Å². The van der Waals surface area contributed by atoms with E-state index in [1.165, 1.54) is 19.4 Å². The van der Waals surface area contributed by atoms with Crippen molar-refractivity contribution >= 4 is 10.8 Å². The highest BCUT2D eigenvalue weighted by molar-refractivity contribution is 7.84. The third-order valence-corrected chi connectivity index (χ3v) is 4.13. The minimum Gasteiger partial charge on any atom is -0.306 e. The summed E-state index contributed by atoms with van der Waals surface area (Å²) in [6.07, 6.45) is 5.51. The van der Waals surface area contributed by atoms with Gasteiger partial charge in [0, 0.05) is 29.4 Å². The number of rotatable bonds is 3. The Hall–Kier alpha value is 0.110. The van der Waals surface area contributed by atoms with Crippen LogP contribution in [-0.4, -0.2) is 41.3 Å². The molecule has 0 aromatic carbocycles. The first-order valence-electron chi connectivity index (χ1n) is 6.06. The molecule has 1 rings (SSSR count). The lowest BCUT2D eigenvalue weighted by Crippen LogP contribution is -2.43. The highest BCUT2D eigenvalue weighted by Crippen LogP contribution is 2.33. The molecule has 1 fully saturated rings. The molecule has 0 saturated carbocycles. The standard InChI is InChI=1S/C10H21NOS.C2H6/c1-4-10(9-13(3)12)6-5-7-11(2)8-10;1-2/h4-9H2,1-3H3;1-2H3. The first-order valence-corrected chi connectivity index (χ1v) is 7.79. The monoisotopic (exact) mass is 233 g/mol. The fraction of sp³-hybridized carbons (Fsp3) is 1.00. The first kappa shape index (κ1) is 15.1. The highest BCUT2D eigenvalue weighted by atomic mass is 32.2. The van der Waals surface area contributed by atoms with Crippen LogP contribution in [0.5, 0.6) is 0 Å². The quantitative estimate of drug-likeness (QED) is 0.746. The van der Waals surface area contributed by atoms with Gasteiger partial charge >= 0.3 is 0 Å². The molecule has 0 N–H and O–H groups in total. The molecule has 0 aliphatic carbocycles. The Morgan fingerprint density at radius 2 is 2.00 bits per heavy atom. The maximum atomic E-state index is 11.3. The molecular formula is C12H27NOS. The summed E-state index contributed by atoms with van der Waals surface area (Å²) < 4.78 is 11.3. The summed E-state index contributed by atoms with van der Waals surface area (Å²) in [7, 11) is 1.52. The van der Waals surface area contributed by atoms with Gasteiger partial charge in [0.25, 0.3) is 0 Å². The molecule has 0 amide bonds. The number of hydrogen-bond donors (Lipinski definition) is 0. The van der Waals surface area contributed by atoms with Gasteiger partial charge in [0.1, 0.15) is 0 Å². The van der Waals surface area contributed by atoms with E-state index in [9.17, 15) is 4.21 Å². The van der Waals surface area contributed by atoms with Crippen molar-refractivity contribution in [3.63, 3.8) is 0 Å². The van der Waals surface area contributed by atoms with Gasteiger partial charge in [-0.1, -0.05) is 20.8 Å². The maximum Gasteiger partial charge on any atom is 0.0300 e. The second kappa shape index (κ2) is 7.39. The van der Waals surface area contributed by atoms with Crippen molar-refractivity contribution < 1.29 is 4.21 Å². The van der Waals surface area contributed by atoms with E-state index in [4.69, 9.17) is 0 Å². The van der Waals surface area contributed by atoms with E-state index in [1.807, 2.05) is 20.1 Å². The average Bonchev–Trinajstić information content (AvgIpc) is 2.20. The molecule has 1 heterocycles. The van der Waals surface area contributed by atoms with Crippen molar-refractivity contribution in [1.82, 2.24) is 4.90 Å². The number of piperidine rings is 1. The van der Waals surface area contributed by atoms with Gasteiger partial charge in [-0.25, -0.2) is 0 Å². The van der Waals surface area contributed by atoms with Crippen LogP contribution in [0.3, 0.4) is 0 Å². The number of nitrogens with zero attached hydrogens (tertiary/aromatic N) is 1. The second-order valence-electron chi connectivity index (χ2n) is 4.41. The van der Waals surface area contributed by atoms with Gasteiger partial charge < -0.3 is 4.90 Å². The molecule has 0 radical (unpaired) electrons. The molecule has 1 saturated heterocycles. The molecule has 15 heavy (non-hydrogen) atoms. The lowest BCUT2D eigenvalue weighted by atomic mass is 9.79. The van der Waals surface area contributed by atoms with Crippen LogP contribution in [0.2, 0.25) is 0 Å². The Morgan fingerprint density at radius 1 is 1.40 bits per heavy atom. The Labute approximate surface area is 97.9 Å². The summed E-state index contributed by atoms with van der Waals surface area (Å²) in [5.74, 6) is 0.883. The molecule has 3 heteroatoms. The fourth-order valence-corrected chi connectivity index (χ4v) is 3.70. The summed E-state index contributed by atoms with van der Waals surface area (Å²) in [4.78, 5) is 2.37. The summed E-state index contributed by atoms with van der Waals surface area (Å²) in [5.41, 5.74) is 0.340. The van der Waals surface area contributed by atoms with Crippen molar-refractivity contribution in [3.8, 4) is 0 Å². The third kappa shape index (κ3) is 5.12.